The Labute approximate surface area is 114 Å². The zero-order valence-electron chi connectivity index (χ0n) is 11.4. The van der Waals surface area contributed by atoms with E-state index in [0.29, 0.717) is 6.04 Å². The molecule has 1 atom stereocenters. The van der Waals surface area contributed by atoms with Crippen LogP contribution in [0.4, 0.5) is 11.5 Å². The molecule has 1 unspecified atom stereocenters. The minimum Gasteiger partial charge on any atom is -0.374 e. The highest BCUT2D eigenvalue weighted by Crippen LogP contribution is 2.34. The Kier molecular flexibility index (Phi) is 3.11. The van der Waals surface area contributed by atoms with Gasteiger partial charge in [-0.25, -0.2) is 4.98 Å². The topological polar surface area (TPSA) is 28.2 Å². The normalized spacial score (nSPS) is 18.0. The number of pyridine rings is 1. The second-order valence-electron chi connectivity index (χ2n) is 5.13. The Morgan fingerprint density at radius 3 is 2.84 bits per heavy atom. The Morgan fingerprint density at radius 1 is 1.16 bits per heavy atom. The summed E-state index contributed by atoms with van der Waals surface area (Å²) in [6, 6.07) is 15.1. The van der Waals surface area contributed by atoms with Gasteiger partial charge in [-0.2, -0.15) is 0 Å². The van der Waals surface area contributed by atoms with Gasteiger partial charge in [-0.05, 0) is 37.1 Å². The lowest BCUT2D eigenvalue weighted by atomic mass is 9.97. The number of rotatable bonds is 2. The average Bonchev–Trinajstić information content (AvgIpc) is 2.42. The van der Waals surface area contributed by atoms with Gasteiger partial charge in [0.05, 0.1) is 6.04 Å². The third-order valence-corrected chi connectivity index (χ3v) is 3.69. The highest BCUT2D eigenvalue weighted by atomic mass is 15.1. The van der Waals surface area contributed by atoms with Gasteiger partial charge in [0.1, 0.15) is 5.82 Å². The molecule has 0 spiro atoms. The first-order chi connectivity index (χ1) is 9.24. The van der Waals surface area contributed by atoms with Crippen molar-refractivity contribution in [3.8, 4) is 0 Å². The fourth-order valence-electron chi connectivity index (χ4n) is 2.68. The van der Waals surface area contributed by atoms with Gasteiger partial charge in [-0.3, -0.25) is 0 Å². The number of para-hydroxylation sites is 1. The smallest absolute Gasteiger partial charge is 0.126 e. The van der Waals surface area contributed by atoms with E-state index in [4.69, 9.17) is 0 Å². The molecule has 0 radical (unpaired) electrons. The Morgan fingerprint density at radius 2 is 2.00 bits per heavy atom. The Hall–Kier alpha value is -2.03. The van der Waals surface area contributed by atoms with Crippen molar-refractivity contribution in [2.75, 3.05) is 23.8 Å². The van der Waals surface area contributed by atoms with E-state index < -0.39 is 0 Å². The van der Waals surface area contributed by atoms with Crippen molar-refractivity contribution in [2.45, 2.75) is 19.4 Å². The van der Waals surface area contributed by atoms with E-state index in [1.54, 1.807) is 0 Å². The summed E-state index contributed by atoms with van der Waals surface area (Å²) >= 11 is 0. The number of hydrogen-bond acceptors (Lipinski definition) is 3. The fraction of sp³-hybridized carbons (Fsp3) is 0.312. The van der Waals surface area contributed by atoms with Gasteiger partial charge in [0.2, 0.25) is 0 Å². The number of aromatic nitrogens is 1. The maximum absolute atomic E-state index is 4.53. The second-order valence-corrected chi connectivity index (χ2v) is 5.13. The number of benzene rings is 1. The van der Waals surface area contributed by atoms with E-state index in [0.717, 1.165) is 24.5 Å². The maximum atomic E-state index is 4.53. The van der Waals surface area contributed by atoms with Gasteiger partial charge < -0.3 is 10.2 Å². The molecular formula is C16H19N3. The molecule has 2 aromatic rings. The number of nitrogens with zero attached hydrogens (tertiary/aromatic N) is 2. The first-order valence-electron chi connectivity index (χ1n) is 6.74. The molecule has 0 fully saturated rings. The highest BCUT2D eigenvalue weighted by Gasteiger charge is 2.22. The van der Waals surface area contributed by atoms with Crippen LogP contribution in [0, 0.1) is 6.92 Å². The minimum absolute atomic E-state index is 0.349. The second kappa shape index (κ2) is 4.92. The molecule has 3 heteroatoms. The van der Waals surface area contributed by atoms with Crippen LogP contribution in [0.25, 0.3) is 0 Å². The van der Waals surface area contributed by atoms with Crippen LogP contribution < -0.4 is 10.2 Å². The van der Waals surface area contributed by atoms with Gasteiger partial charge in [-0.1, -0.05) is 24.3 Å². The predicted octanol–water partition coefficient (Wildman–Crippen LogP) is 3.38. The van der Waals surface area contributed by atoms with Crippen LogP contribution in [-0.2, 0) is 0 Å². The zero-order valence-corrected chi connectivity index (χ0v) is 11.4. The van der Waals surface area contributed by atoms with Gasteiger partial charge in [-0.15, -0.1) is 0 Å². The summed E-state index contributed by atoms with van der Waals surface area (Å²) in [6.07, 6.45) is 1.10. The summed E-state index contributed by atoms with van der Waals surface area (Å²) in [4.78, 5) is 6.85. The molecule has 98 valence electrons. The number of aryl methyl sites for hydroxylation is 1. The van der Waals surface area contributed by atoms with E-state index in [-0.39, 0.29) is 0 Å². The first-order valence-corrected chi connectivity index (χ1v) is 6.74. The van der Waals surface area contributed by atoms with Crippen LogP contribution in [0.3, 0.4) is 0 Å². The number of anilines is 2. The average molecular weight is 253 g/mol. The van der Waals surface area contributed by atoms with Gasteiger partial charge in [0, 0.05) is 25.0 Å². The van der Waals surface area contributed by atoms with Crippen molar-refractivity contribution in [2.24, 2.45) is 0 Å². The van der Waals surface area contributed by atoms with Crippen molar-refractivity contribution in [1.29, 1.82) is 0 Å². The fourth-order valence-corrected chi connectivity index (χ4v) is 2.68. The predicted molar refractivity (Wildman–Crippen MR) is 79.7 cm³/mol. The molecule has 3 rings (SSSR count). The van der Waals surface area contributed by atoms with Crippen LogP contribution >= 0.6 is 0 Å². The molecule has 1 aromatic carbocycles. The van der Waals surface area contributed by atoms with Crippen LogP contribution in [0.1, 0.15) is 23.7 Å². The van der Waals surface area contributed by atoms with Crippen molar-refractivity contribution in [3.63, 3.8) is 0 Å². The molecular weight excluding hydrogens is 234 g/mol. The van der Waals surface area contributed by atoms with E-state index >= 15 is 0 Å². The van der Waals surface area contributed by atoms with E-state index in [9.17, 15) is 0 Å². The molecule has 3 nitrogen and oxygen atoms in total. The Balaban J connectivity index is 1.89. The van der Waals surface area contributed by atoms with Gasteiger partial charge >= 0.3 is 0 Å². The van der Waals surface area contributed by atoms with E-state index in [1.807, 2.05) is 25.1 Å². The molecule has 2 heterocycles. The molecule has 0 amide bonds. The molecule has 19 heavy (non-hydrogen) atoms. The van der Waals surface area contributed by atoms with Gasteiger partial charge in [0.25, 0.3) is 0 Å². The van der Waals surface area contributed by atoms with Gasteiger partial charge in [0.15, 0.2) is 0 Å². The van der Waals surface area contributed by atoms with Crippen molar-refractivity contribution in [1.82, 2.24) is 4.98 Å². The highest BCUT2D eigenvalue weighted by molar-refractivity contribution is 5.58. The molecule has 0 saturated heterocycles. The largest absolute Gasteiger partial charge is 0.374 e. The van der Waals surface area contributed by atoms with Crippen LogP contribution in [-0.4, -0.2) is 18.6 Å². The monoisotopic (exact) mass is 253 g/mol. The summed E-state index contributed by atoms with van der Waals surface area (Å²) in [7, 11) is 2.15. The molecule has 1 N–H and O–H groups in total. The van der Waals surface area contributed by atoms with Crippen LogP contribution in [0.15, 0.2) is 42.5 Å². The maximum Gasteiger partial charge on any atom is 0.126 e. The minimum atomic E-state index is 0.349. The molecule has 1 aromatic heterocycles. The lowest BCUT2D eigenvalue weighted by molar-refractivity contribution is 0.646. The third-order valence-electron chi connectivity index (χ3n) is 3.69. The molecule has 1 aliphatic heterocycles. The number of hydrogen-bond donors (Lipinski definition) is 1. The molecule has 1 aliphatic rings. The Bertz CT molecular complexity index is 580. The third kappa shape index (κ3) is 2.41. The number of fused-ring (bicyclic) bond motifs is 1. The van der Waals surface area contributed by atoms with Crippen LogP contribution in [0.5, 0.6) is 0 Å². The van der Waals surface area contributed by atoms with E-state index in [2.05, 4.69) is 46.5 Å². The first kappa shape index (κ1) is 12.0. The summed E-state index contributed by atoms with van der Waals surface area (Å²) in [6.45, 7) is 3.09. The summed E-state index contributed by atoms with van der Waals surface area (Å²) < 4.78 is 0. The summed E-state index contributed by atoms with van der Waals surface area (Å²) in [5.74, 6) is 0.962. The van der Waals surface area contributed by atoms with Crippen molar-refractivity contribution in [3.05, 3.63) is 53.7 Å². The lowest BCUT2D eigenvalue weighted by Gasteiger charge is -2.33. The standard InChI is InChI=1S/C16H19N3/c1-12-6-5-9-16(17-12)18-14-10-11-19(2)15-8-4-3-7-13(14)15/h3-9,14H,10-11H2,1-2H3,(H,17,18). The molecule has 0 saturated carbocycles. The molecule has 0 aliphatic carbocycles. The molecule has 0 bridgehead atoms. The van der Waals surface area contributed by atoms with Crippen molar-refractivity contribution < 1.29 is 0 Å². The quantitative estimate of drug-likeness (QED) is 0.889. The number of nitrogens with one attached hydrogen (secondary N) is 1. The van der Waals surface area contributed by atoms with Crippen LogP contribution in [0.2, 0.25) is 0 Å². The SMILES string of the molecule is Cc1cccc(NC2CCN(C)c3ccccc32)n1. The summed E-state index contributed by atoms with van der Waals surface area (Å²) in [5, 5.41) is 3.56. The van der Waals surface area contributed by atoms with E-state index in [1.165, 1.54) is 11.3 Å². The van der Waals surface area contributed by atoms with Crippen molar-refractivity contribution >= 4 is 11.5 Å². The lowest BCUT2D eigenvalue weighted by Crippen LogP contribution is -2.30. The summed E-state index contributed by atoms with van der Waals surface area (Å²) in [5.41, 5.74) is 3.73. The zero-order chi connectivity index (χ0) is 13.2.